The van der Waals surface area contributed by atoms with Crippen LogP contribution in [-0.4, -0.2) is 24.2 Å². The maximum Gasteiger partial charge on any atom is 0.122 e. The highest BCUT2D eigenvalue weighted by Gasteiger charge is 2.07. The van der Waals surface area contributed by atoms with E-state index in [4.69, 9.17) is 22.1 Å². The number of benzene rings is 1. The monoisotopic (exact) mass is 273 g/mol. The summed E-state index contributed by atoms with van der Waals surface area (Å²) in [6.07, 6.45) is 0.789. The summed E-state index contributed by atoms with van der Waals surface area (Å²) in [5.74, 6) is 3.04. The molecule has 1 aromatic carbocycles. The molecule has 0 aromatic heterocycles. The van der Waals surface area contributed by atoms with Gasteiger partial charge in [-0.25, -0.2) is 0 Å². The predicted molar refractivity (Wildman–Crippen MR) is 77.3 cm³/mol. The van der Waals surface area contributed by atoms with Crippen LogP contribution in [0, 0.1) is 0 Å². The van der Waals surface area contributed by atoms with E-state index in [2.05, 4.69) is 6.92 Å². The van der Waals surface area contributed by atoms with Crippen LogP contribution in [0.2, 0.25) is 5.02 Å². The normalized spacial score (nSPS) is 12.5. The third-order valence-corrected chi connectivity index (χ3v) is 3.35. The molecule has 1 atom stereocenters. The van der Waals surface area contributed by atoms with Gasteiger partial charge in [-0.2, -0.15) is 11.8 Å². The molecule has 0 spiro atoms. The fourth-order valence-corrected chi connectivity index (χ4v) is 2.23. The summed E-state index contributed by atoms with van der Waals surface area (Å²) in [6, 6.07) is 5.83. The number of hydrogen-bond donors (Lipinski definition) is 1. The molecule has 0 aliphatic rings. The maximum absolute atomic E-state index is 5.98. The minimum absolute atomic E-state index is 0.112. The summed E-state index contributed by atoms with van der Waals surface area (Å²) in [6.45, 7) is 4.86. The molecule has 0 saturated carbocycles. The average Bonchev–Trinajstić information content (AvgIpc) is 2.26. The molecule has 0 amide bonds. The molecule has 0 fully saturated rings. The Kier molecular flexibility index (Phi) is 6.78. The smallest absolute Gasteiger partial charge is 0.122 e. The van der Waals surface area contributed by atoms with Gasteiger partial charge in [-0.3, -0.25) is 0 Å². The number of halogens is 1. The van der Waals surface area contributed by atoms with Crippen LogP contribution in [-0.2, 0) is 6.42 Å². The number of thioether (sulfide) groups is 1. The van der Waals surface area contributed by atoms with E-state index in [0.29, 0.717) is 0 Å². The van der Waals surface area contributed by atoms with Crippen LogP contribution in [0.1, 0.15) is 19.4 Å². The second kappa shape index (κ2) is 7.85. The lowest BCUT2D eigenvalue weighted by Gasteiger charge is -2.13. The van der Waals surface area contributed by atoms with Crippen molar-refractivity contribution in [3.8, 4) is 5.75 Å². The number of hydrogen-bond acceptors (Lipinski definition) is 3. The van der Waals surface area contributed by atoms with E-state index < -0.39 is 0 Å². The first kappa shape index (κ1) is 14.7. The van der Waals surface area contributed by atoms with Gasteiger partial charge in [0, 0.05) is 16.8 Å². The van der Waals surface area contributed by atoms with Gasteiger partial charge in [-0.05, 0) is 42.9 Å². The lowest BCUT2D eigenvalue weighted by molar-refractivity contribution is 0.339. The van der Waals surface area contributed by atoms with Crippen molar-refractivity contribution >= 4 is 23.4 Å². The van der Waals surface area contributed by atoms with Crippen molar-refractivity contribution < 1.29 is 4.74 Å². The zero-order valence-corrected chi connectivity index (χ0v) is 12.0. The first-order chi connectivity index (χ1) is 8.13. The Morgan fingerprint density at radius 3 is 2.88 bits per heavy atom. The predicted octanol–water partition coefficient (Wildman–Crippen LogP) is 3.36. The van der Waals surface area contributed by atoms with Gasteiger partial charge >= 0.3 is 0 Å². The molecule has 1 aromatic rings. The van der Waals surface area contributed by atoms with Gasteiger partial charge in [0.25, 0.3) is 0 Å². The topological polar surface area (TPSA) is 35.2 Å². The van der Waals surface area contributed by atoms with Crippen molar-refractivity contribution in [1.82, 2.24) is 0 Å². The molecule has 2 nitrogen and oxygen atoms in total. The Hall–Kier alpha value is -0.380. The Bertz CT molecular complexity index is 344. The highest BCUT2D eigenvalue weighted by atomic mass is 35.5. The first-order valence-electron chi connectivity index (χ1n) is 5.88. The maximum atomic E-state index is 5.98. The van der Waals surface area contributed by atoms with Crippen molar-refractivity contribution in [2.75, 3.05) is 18.1 Å². The summed E-state index contributed by atoms with van der Waals surface area (Å²) in [5.41, 5.74) is 6.91. The zero-order valence-electron chi connectivity index (χ0n) is 10.4. The van der Waals surface area contributed by atoms with Gasteiger partial charge in [-0.15, -0.1) is 0 Å². The standard InChI is InChI=1S/C13H20ClNOS/c1-3-17-7-6-16-13-5-4-12(14)9-11(13)8-10(2)15/h4-5,9-10H,3,6-8,15H2,1-2H3. The van der Waals surface area contributed by atoms with Crippen molar-refractivity contribution in [3.63, 3.8) is 0 Å². The Labute approximate surface area is 113 Å². The molecule has 96 valence electrons. The zero-order chi connectivity index (χ0) is 12.7. The Morgan fingerprint density at radius 2 is 2.24 bits per heavy atom. The molecule has 1 unspecified atom stereocenters. The molecule has 0 aliphatic heterocycles. The third-order valence-electron chi connectivity index (χ3n) is 2.25. The lowest BCUT2D eigenvalue weighted by atomic mass is 10.1. The van der Waals surface area contributed by atoms with Crippen LogP contribution in [0.5, 0.6) is 5.75 Å². The SMILES string of the molecule is CCSCCOc1ccc(Cl)cc1CC(C)N. The average molecular weight is 274 g/mol. The summed E-state index contributed by atoms with van der Waals surface area (Å²) in [4.78, 5) is 0. The van der Waals surface area contributed by atoms with E-state index in [1.807, 2.05) is 36.9 Å². The molecule has 0 aliphatic carbocycles. The quantitative estimate of drug-likeness (QED) is 0.774. The molecule has 1 rings (SSSR count). The van der Waals surface area contributed by atoms with Gasteiger partial charge in [0.05, 0.1) is 6.61 Å². The molecule has 0 heterocycles. The van der Waals surface area contributed by atoms with Crippen LogP contribution < -0.4 is 10.5 Å². The molecule has 0 radical (unpaired) electrons. The highest BCUT2D eigenvalue weighted by Crippen LogP contribution is 2.24. The first-order valence-corrected chi connectivity index (χ1v) is 7.41. The van der Waals surface area contributed by atoms with Crippen LogP contribution in [0.25, 0.3) is 0 Å². The molecule has 17 heavy (non-hydrogen) atoms. The van der Waals surface area contributed by atoms with Crippen molar-refractivity contribution in [1.29, 1.82) is 0 Å². The summed E-state index contributed by atoms with van der Waals surface area (Å²) in [7, 11) is 0. The number of rotatable bonds is 7. The van der Waals surface area contributed by atoms with E-state index >= 15 is 0 Å². The van der Waals surface area contributed by atoms with Crippen LogP contribution in [0.15, 0.2) is 18.2 Å². The number of nitrogens with two attached hydrogens (primary N) is 1. The fourth-order valence-electron chi connectivity index (χ4n) is 1.55. The van der Waals surface area contributed by atoms with Crippen LogP contribution >= 0.6 is 23.4 Å². The van der Waals surface area contributed by atoms with E-state index in [1.165, 1.54) is 0 Å². The minimum Gasteiger partial charge on any atom is -0.492 e. The van der Waals surface area contributed by atoms with Crippen LogP contribution in [0.3, 0.4) is 0 Å². The van der Waals surface area contributed by atoms with Gasteiger partial charge in [0.15, 0.2) is 0 Å². The van der Waals surface area contributed by atoms with Crippen LogP contribution in [0.4, 0.5) is 0 Å². The summed E-state index contributed by atoms with van der Waals surface area (Å²) < 4.78 is 5.76. The summed E-state index contributed by atoms with van der Waals surface area (Å²) in [5, 5.41) is 0.732. The van der Waals surface area contributed by atoms with E-state index in [9.17, 15) is 0 Å². The molecule has 0 saturated heterocycles. The van der Waals surface area contributed by atoms with Crippen molar-refractivity contribution in [2.24, 2.45) is 5.73 Å². The largest absolute Gasteiger partial charge is 0.492 e. The van der Waals surface area contributed by atoms with E-state index in [0.717, 1.165) is 40.9 Å². The molecular weight excluding hydrogens is 254 g/mol. The highest BCUT2D eigenvalue weighted by molar-refractivity contribution is 7.99. The molecular formula is C13H20ClNOS. The second-order valence-electron chi connectivity index (χ2n) is 3.98. The Balaban J connectivity index is 2.62. The fraction of sp³-hybridized carbons (Fsp3) is 0.538. The third kappa shape index (κ3) is 5.66. The number of ether oxygens (including phenoxy) is 1. The van der Waals surface area contributed by atoms with Gasteiger partial charge in [0.2, 0.25) is 0 Å². The van der Waals surface area contributed by atoms with Gasteiger partial charge in [0.1, 0.15) is 5.75 Å². The summed E-state index contributed by atoms with van der Waals surface area (Å²) >= 11 is 7.86. The second-order valence-corrected chi connectivity index (χ2v) is 5.81. The molecule has 4 heteroatoms. The minimum atomic E-state index is 0.112. The van der Waals surface area contributed by atoms with E-state index in [1.54, 1.807) is 0 Å². The Morgan fingerprint density at radius 1 is 1.47 bits per heavy atom. The van der Waals surface area contributed by atoms with Crippen molar-refractivity contribution in [2.45, 2.75) is 26.3 Å². The lowest BCUT2D eigenvalue weighted by Crippen LogP contribution is -2.18. The molecule has 2 N–H and O–H groups in total. The molecule has 0 bridgehead atoms. The van der Waals surface area contributed by atoms with E-state index in [-0.39, 0.29) is 6.04 Å². The van der Waals surface area contributed by atoms with Gasteiger partial charge in [-0.1, -0.05) is 18.5 Å². The van der Waals surface area contributed by atoms with Crippen molar-refractivity contribution in [3.05, 3.63) is 28.8 Å². The van der Waals surface area contributed by atoms with Gasteiger partial charge < -0.3 is 10.5 Å².